The Morgan fingerprint density at radius 1 is 1.45 bits per heavy atom. The van der Waals surface area contributed by atoms with Crippen molar-refractivity contribution in [1.82, 2.24) is 10.2 Å². The van der Waals surface area contributed by atoms with Crippen molar-refractivity contribution in [3.05, 3.63) is 0 Å². The van der Waals surface area contributed by atoms with Crippen molar-refractivity contribution in [1.29, 1.82) is 0 Å². The lowest BCUT2D eigenvalue weighted by molar-refractivity contribution is -0.137. The second kappa shape index (κ2) is 7.20. The molecule has 0 aromatic carbocycles. The molecule has 0 aliphatic carbocycles. The van der Waals surface area contributed by atoms with Crippen LogP contribution in [0.5, 0.6) is 0 Å². The Kier molecular flexibility index (Phi) is 5.57. The Bertz CT molecular complexity index is 364. The third kappa shape index (κ3) is 3.59. The first-order chi connectivity index (χ1) is 9.63. The number of unbranched alkanes of at least 4 members (excludes halogenated alkanes) is 2. The molecule has 114 valence electrons. The number of carbonyl (C=O) groups excluding carboxylic acids is 1. The molecule has 2 amide bonds. The van der Waals surface area contributed by atoms with Gasteiger partial charge in [-0.1, -0.05) is 19.8 Å². The Morgan fingerprint density at radius 2 is 2.25 bits per heavy atom. The van der Waals surface area contributed by atoms with Crippen molar-refractivity contribution in [2.24, 2.45) is 0 Å². The van der Waals surface area contributed by atoms with E-state index >= 15 is 0 Å². The largest absolute Gasteiger partial charge is 0.481 e. The summed E-state index contributed by atoms with van der Waals surface area (Å²) in [5.74, 6) is 0.270. The predicted molar refractivity (Wildman–Crippen MR) is 80.1 cm³/mol. The number of nitrogens with zero attached hydrogens (tertiary/aromatic N) is 1. The normalized spacial score (nSPS) is 28.6. The zero-order valence-electron chi connectivity index (χ0n) is 12.0. The van der Waals surface area contributed by atoms with Gasteiger partial charge in [0.05, 0.1) is 12.1 Å². The van der Waals surface area contributed by atoms with E-state index in [1.54, 1.807) is 0 Å². The molecule has 3 atom stereocenters. The summed E-state index contributed by atoms with van der Waals surface area (Å²) in [6.07, 6.45) is 5.08. The Hall–Kier alpha value is -0.910. The van der Waals surface area contributed by atoms with Crippen LogP contribution in [0, 0.1) is 0 Å². The summed E-state index contributed by atoms with van der Waals surface area (Å²) in [6, 6.07) is 0.682. The number of rotatable bonds is 8. The Morgan fingerprint density at radius 3 is 2.95 bits per heavy atom. The minimum absolute atomic E-state index is 0.0873. The van der Waals surface area contributed by atoms with Gasteiger partial charge in [-0.3, -0.25) is 4.79 Å². The highest BCUT2D eigenvalue weighted by molar-refractivity contribution is 8.00. The molecule has 0 bridgehead atoms. The van der Waals surface area contributed by atoms with Gasteiger partial charge in [0.25, 0.3) is 0 Å². The van der Waals surface area contributed by atoms with Crippen LogP contribution in [0.25, 0.3) is 0 Å². The maximum atomic E-state index is 12.0. The summed E-state index contributed by atoms with van der Waals surface area (Å²) in [5.41, 5.74) is 0. The van der Waals surface area contributed by atoms with E-state index in [4.69, 9.17) is 5.11 Å². The number of hydrogen-bond donors (Lipinski definition) is 2. The van der Waals surface area contributed by atoms with E-state index in [1.807, 2.05) is 16.7 Å². The summed E-state index contributed by atoms with van der Waals surface area (Å²) in [7, 11) is 0. The van der Waals surface area contributed by atoms with Crippen LogP contribution in [-0.2, 0) is 4.79 Å². The van der Waals surface area contributed by atoms with Gasteiger partial charge in [0.15, 0.2) is 0 Å². The highest BCUT2D eigenvalue weighted by atomic mass is 32.2. The lowest BCUT2D eigenvalue weighted by Gasteiger charge is -2.27. The second-order valence-electron chi connectivity index (χ2n) is 5.60. The summed E-state index contributed by atoms with van der Waals surface area (Å²) in [4.78, 5) is 24.5. The van der Waals surface area contributed by atoms with E-state index < -0.39 is 5.97 Å². The average molecular weight is 300 g/mol. The number of thioether (sulfide) groups is 1. The molecule has 20 heavy (non-hydrogen) atoms. The highest BCUT2D eigenvalue weighted by Crippen LogP contribution is 2.37. The minimum Gasteiger partial charge on any atom is -0.481 e. The van der Waals surface area contributed by atoms with Gasteiger partial charge in [0, 0.05) is 24.0 Å². The third-order valence-electron chi connectivity index (χ3n) is 4.09. The zero-order valence-corrected chi connectivity index (χ0v) is 12.8. The molecule has 2 N–H and O–H groups in total. The van der Waals surface area contributed by atoms with Crippen molar-refractivity contribution in [2.75, 3.05) is 12.3 Å². The van der Waals surface area contributed by atoms with Crippen molar-refractivity contribution < 1.29 is 14.7 Å². The molecule has 2 fully saturated rings. The number of nitrogens with one attached hydrogen (secondary N) is 1. The van der Waals surface area contributed by atoms with Gasteiger partial charge in [0.2, 0.25) is 0 Å². The maximum Gasteiger partial charge on any atom is 0.318 e. The molecule has 0 aromatic rings. The van der Waals surface area contributed by atoms with Crippen LogP contribution in [0.3, 0.4) is 0 Å². The quantitative estimate of drug-likeness (QED) is 0.533. The Labute approximate surface area is 124 Å². The molecule has 2 aliphatic heterocycles. The smallest absolute Gasteiger partial charge is 0.318 e. The SMILES string of the molecule is CCCCN1C(=O)NC2CS[C@@H](CCCCC(=O)O)C21. The number of carboxylic acid groups (broad SMARTS) is 1. The maximum absolute atomic E-state index is 12.0. The van der Waals surface area contributed by atoms with Crippen LogP contribution in [0.4, 0.5) is 4.79 Å². The highest BCUT2D eigenvalue weighted by Gasteiger charge is 2.47. The number of aliphatic carboxylic acids is 1. The minimum atomic E-state index is -0.718. The lowest BCUT2D eigenvalue weighted by Crippen LogP contribution is -2.41. The van der Waals surface area contributed by atoms with Crippen LogP contribution in [-0.4, -0.2) is 51.6 Å². The first-order valence-electron chi connectivity index (χ1n) is 7.54. The van der Waals surface area contributed by atoms with Crippen molar-refractivity contribution >= 4 is 23.8 Å². The molecule has 0 saturated carbocycles. The van der Waals surface area contributed by atoms with Crippen LogP contribution in [0.1, 0.15) is 45.4 Å². The third-order valence-corrected chi connectivity index (χ3v) is 5.59. The van der Waals surface area contributed by atoms with E-state index in [1.165, 1.54) is 0 Å². The molecular weight excluding hydrogens is 276 g/mol. The van der Waals surface area contributed by atoms with Crippen LogP contribution >= 0.6 is 11.8 Å². The molecule has 5 nitrogen and oxygen atoms in total. The van der Waals surface area contributed by atoms with Crippen LogP contribution in [0.2, 0.25) is 0 Å². The van der Waals surface area contributed by atoms with Crippen molar-refractivity contribution in [2.45, 2.75) is 62.8 Å². The van der Waals surface area contributed by atoms with E-state index in [2.05, 4.69) is 12.2 Å². The van der Waals surface area contributed by atoms with Gasteiger partial charge >= 0.3 is 12.0 Å². The summed E-state index contributed by atoms with van der Waals surface area (Å²) in [6.45, 7) is 2.98. The van der Waals surface area contributed by atoms with Crippen molar-refractivity contribution in [3.8, 4) is 0 Å². The zero-order chi connectivity index (χ0) is 14.5. The monoisotopic (exact) mass is 300 g/mol. The molecular formula is C14H24N2O3S. The summed E-state index contributed by atoms with van der Waals surface area (Å²) >= 11 is 1.93. The topological polar surface area (TPSA) is 69.6 Å². The van der Waals surface area contributed by atoms with Gasteiger partial charge < -0.3 is 15.3 Å². The predicted octanol–water partition coefficient (Wildman–Crippen LogP) is 2.31. The molecule has 0 spiro atoms. The van der Waals surface area contributed by atoms with E-state index in [9.17, 15) is 9.59 Å². The van der Waals surface area contributed by atoms with Crippen LogP contribution in [0.15, 0.2) is 0 Å². The molecule has 2 saturated heterocycles. The standard InChI is InChI=1S/C14H24N2O3S/c1-2-3-8-16-13-10(15-14(16)19)9-20-11(13)6-4-5-7-12(17)18/h10-11,13H,2-9H2,1H3,(H,15,19)(H,17,18)/t10?,11-,13?/m0/s1. The number of fused-ring (bicyclic) bond motifs is 1. The van der Waals surface area contributed by atoms with E-state index in [0.717, 1.165) is 44.4 Å². The first kappa shape index (κ1) is 15.5. The molecule has 2 unspecified atom stereocenters. The molecule has 6 heteroatoms. The molecule has 2 aliphatic rings. The lowest BCUT2D eigenvalue weighted by atomic mass is 10.0. The van der Waals surface area contributed by atoms with Gasteiger partial charge in [-0.05, 0) is 19.3 Å². The molecule has 0 aromatic heterocycles. The fourth-order valence-electron chi connectivity index (χ4n) is 3.06. The number of carboxylic acids is 1. The van der Waals surface area contributed by atoms with E-state index in [0.29, 0.717) is 11.3 Å². The summed E-state index contributed by atoms with van der Waals surface area (Å²) < 4.78 is 0. The number of amides is 2. The molecule has 2 heterocycles. The first-order valence-corrected chi connectivity index (χ1v) is 8.59. The van der Waals surface area contributed by atoms with Crippen molar-refractivity contribution in [3.63, 3.8) is 0 Å². The van der Waals surface area contributed by atoms with Crippen LogP contribution < -0.4 is 5.32 Å². The van der Waals surface area contributed by atoms with Gasteiger partial charge in [-0.2, -0.15) is 11.8 Å². The summed E-state index contributed by atoms with van der Waals surface area (Å²) in [5, 5.41) is 12.2. The fraction of sp³-hybridized carbons (Fsp3) is 0.857. The van der Waals surface area contributed by atoms with Gasteiger partial charge in [0.1, 0.15) is 0 Å². The fourth-order valence-corrected chi connectivity index (χ4v) is 4.66. The number of hydrogen-bond acceptors (Lipinski definition) is 3. The van der Waals surface area contributed by atoms with Gasteiger partial charge in [-0.25, -0.2) is 4.79 Å². The second-order valence-corrected chi connectivity index (χ2v) is 6.88. The molecule has 0 radical (unpaired) electrons. The average Bonchev–Trinajstić information content (AvgIpc) is 2.91. The number of urea groups is 1. The number of carbonyl (C=O) groups is 2. The molecule has 2 rings (SSSR count). The van der Waals surface area contributed by atoms with E-state index in [-0.39, 0.29) is 18.5 Å². The van der Waals surface area contributed by atoms with Gasteiger partial charge in [-0.15, -0.1) is 0 Å². The Balaban J connectivity index is 1.84.